The number of amides is 1. The zero-order valence-corrected chi connectivity index (χ0v) is 20.4. The van der Waals surface area contributed by atoms with Crippen LogP contribution in [0.5, 0.6) is 0 Å². The molecule has 1 fully saturated rings. The fourth-order valence-corrected chi connectivity index (χ4v) is 6.86. The summed E-state index contributed by atoms with van der Waals surface area (Å²) in [5.74, 6) is 1.85. The van der Waals surface area contributed by atoms with E-state index in [0.29, 0.717) is 42.5 Å². The van der Waals surface area contributed by atoms with Crippen molar-refractivity contribution in [3.8, 4) is 0 Å². The van der Waals surface area contributed by atoms with E-state index < -0.39 is 5.54 Å². The Hall–Kier alpha value is -1.87. The summed E-state index contributed by atoms with van der Waals surface area (Å²) in [7, 11) is 1.37. The number of aromatic nitrogens is 2. The number of hydrogen-bond donors (Lipinski definition) is 2. The lowest BCUT2D eigenvalue weighted by atomic mass is 9.77. The monoisotopic (exact) mass is 477 g/mol. The minimum absolute atomic E-state index is 0.0470. The fourth-order valence-electron chi connectivity index (χ4n) is 4.77. The van der Waals surface area contributed by atoms with Crippen molar-refractivity contribution in [2.45, 2.75) is 76.0 Å². The van der Waals surface area contributed by atoms with Crippen molar-refractivity contribution >= 4 is 45.2 Å². The topological polar surface area (TPSA) is 101 Å². The standard InChI is InChI=1S/C23H31N3O4S2/c1-14-7-10-23(11-8-14,22(29)30-2)26-18(27)9-12-31-13-17-24-20(28)19-15-5-3-4-6-16(15)32-21(19)25-17/h14H,3-13H2,1-2H3,(H,26,27)(H,24,25,28). The molecule has 1 amide bonds. The van der Waals surface area contributed by atoms with Gasteiger partial charge in [0.2, 0.25) is 5.91 Å². The molecule has 2 heterocycles. The van der Waals surface area contributed by atoms with Crippen LogP contribution in [0.15, 0.2) is 4.79 Å². The molecule has 0 spiro atoms. The summed E-state index contributed by atoms with van der Waals surface area (Å²) in [6, 6.07) is 0. The van der Waals surface area contributed by atoms with Gasteiger partial charge in [-0.3, -0.25) is 9.59 Å². The van der Waals surface area contributed by atoms with Crippen LogP contribution in [0.3, 0.4) is 0 Å². The number of nitrogens with zero attached hydrogens (tertiary/aromatic N) is 1. The van der Waals surface area contributed by atoms with Crippen LogP contribution >= 0.6 is 23.1 Å². The number of methoxy groups -OCH3 is 1. The normalized spacial score (nSPS) is 23.0. The number of H-pyrrole nitrogens is 1. The van der Waals surface area contributed by atoms with E-state index in [2.05, 4.69) is 22.2 Å². The number of esters is 1. The summed E-state index contributed by atoms with van der Waals surface area (Å²) < 4.78 is 4.99. The van der Waals surface area contributed by atoms with Gasteiger partial charge in [-0.2, -0.15) is 11.8 Å². The first-order chi connectivity index (χ1) is 15.4. The van der Waals surface area contributed by atoms with Gasteiger partial charge in [-0.15, -0.1) is 11.3 Å². The number of carbonyl (C=O) groups is 2. The zero-order valence-electron chi connectivity index (χ0n) is 18.8. The second-order valence-corrected chi connectivity index (χ2v) is 11.2. The third-order valence-electron chi connectivity index (χ3n) is 6.67. The largest absolute Gasteiger partial charge is 0.467 e. The molecule has 0 bridgehead atoms. The predicted molar refractivity (Wildman–Crippen MR) is 128 cm³/mol. The predicted octanol–water partition coefficient (Wildman–Crippen LogP) is 3.72. The highest BCUT2D eigenvalue weighted by Gasteiger charge is 2.43. The lowest BCUT2D eigenvalue weighted by Gasteiger charge is -2.37. The van der Waals surface area contributed by atoms with Crippen molar-refractivity contribution in [3.63, 3.8) is 0 Å². The minimum atomic E-state index is -0.890. The first kappa shape index (κ1) is 23.3. The Morgan fingerprint density at radius 1 is 1.28 bits per heavy atom. The number of carbonyl (C=O) groups excluding carboxylic acids is 2. The van der Waals surface area contributed by atoms with Crippen molar-refractivity contribution < 1.29 is 14.3 Å². The minimum Gasteiger partial charge on any atom is -0.467 e. The summed E-state index contributed by atoms with van der Waals surface area (Å²) in [6.07, 6.45) is 7.67. The first-order valence-electron chi connectivity index (χ1n) is 11.4. The SMILES string of the molecule is COC(=O)C1(NC(=O)CCSCc2nc3sc4c(c3c(=O)[nH]2)CCCC4)CCC(C)CC1. The molecule has 2 N–H and O–H groups in total. The number of hydrogen-bond acceptors (Lipinski definition) is 7. The van der Waals surface area contributed by atoms with Crippen LogP contribution in [0.1, 0.15) is 68.1 Å². The molecule has 174 valence electrons. The molecule has 0 aliphatic heterocycles. The van der Waals surface area contributed by atoms with E-state index in [9.17, 15) is 14.4 Å². The number of aryl methyl sites for hydroxylation is 2. The highest BCUT2D eigenvalue weighted by Crippen LogP contribution is 2.34. The van der Waals surface area contributed by atoms with Crippen molar-refractivity contribution in [1.29, 1.82) is 0 Å². The van der Waals surface area contributed by atoms with Crippen molar-refractivity contribution in [2.75, 3.05) is 12.9 Å². The van der Waals surface area contributed by atoms with Crippen molar-refractivity contribution in [2.24, 2.45) is 5.92 Å². The maximum absolute atomic E-state index is 12.6. The van der Waals surface area contributed by atoms with Crippen LogP contribution in [0.4, 0.5) is 0 Å². The average molecular weight is 478 g/mol. The lowest BCUT2D eigenvalue weighted by molar-refractivity contribution is -0.153. The average Bonchev–Trinajstić information content (AvgIpc) is 3.17. The van der Waals surface area contributed by atoms with E-state index in [1.54, 1.807) is 23.1 Å². The van der Waals surface area contributed by atoms with Gasteiger partial charge < -0.3 is 15.0 Å². The van der Waals surface area contributed by atoms with Gasteiger partial charge in [0.1, 0.15) is 16.2 Å². The maximum atomic E-state index is 12.6. The van der Waals surface area contributed by atoms with Gasteiger partial charge in [-0.25, -0.2) is 9.78 Å². The van der Waals surface area contributed by atoms with Crippen molar-refractivity contribution in [3.05, 3.63) is 26.6 Å². The number of ether oxygens (including phenoxy) is 1. The molecular formula is C23H31N3O4S2. The van der Waals surface area contributed by atoms with Gasteiger partial charge in [0.05, 0.1) is 18.2 Å². The van der Waals surface area contributed by atoms with E-state index in [1.807, 2.05) is 0 Å². The number of aromatic amines is 1. The van der Waals surface area contributed by atoms with Crippen LogP contribution in [0, 0.1) is 5.92 Å². The molecule has 0 radical (unpaired) electrons. The third-order valence-corrected chi connectivity index (χ3v) is 8.83. The van der Waals surface area contributed by atoms with E-state index >= 15 is 0 Å². The molecule has 0 unspecified atom stereocenters. The highest BCUT2D eigenvalue weighted by molar-refractivity contribution is 7.98. The molecule has 4 rings (SSSR count). The summed E-state index contributed by atoms with van der Waals surface area (Å²) in [6.45, 7) is 2.17. The van der Waals surface area contributed by atoms with Crippen molar-refractivity contribution in [1.82, 2.24) is 15.3 Å². The van der Waals surface area contributed by atoms with Crippen LogP contribution in [0.25, 0.3) is 10.2 Å². The molecular weight excluding hydrogens is 446 g/mol. The smallest absolute Gasteiger partial charge is 0.331 e. The maximum Gasteiger partial charge on any atom is 0.331 e. The quantitative estimate of drug-likeness (QED) is 0.466. The van der Waals surface area contributed by atoms with Gasteiger partial charge in [0.25, 0.3) is 5.56 Å². The Kier molecular flexibility index (Phi) is 7.24. The molecule has 2 aliphatic carbocycles. The van der Waals surface area contributed by atoms with E-state index in [0.717, 1.165) is 42.3 Å². The Balaban J connectivity index is 1.32. The molecule has 2 aromatic rings. The summed E-state index contributed by atoms with van der Waals surface area (Å²) >= 11 is 3.21. The summed E-state index contributed by atoms with van der Waals surface area (Å²) in [4.78, 5) is 47.3. The molecule has 2 aliphatic rings. The van der Waals surface area contributed by atoms with E-state index in [-0.39, 0.29) is 17.4 Å². The molecule has 2 aromatic heterocycles. The van der Waals surface area contributed by atoms with E-state index in [4.69, 9.17) is 4.74 Å². The molecule has 9 heteroatoms. The zero-order chi connectivity index (χ0) is 22.7. The van der Waals surface area contributed by atoms with Crippen LogP contribution in [-0.4, -0.2) is 40.2 Å². The number of thioether (sulfide) groups is 1. The second kappa shape index (κ2) is 9.95. The number of rotatable bonds is 7. The Labute approximate surface area is 196 Å². The van der Waals surface area contributed by atoms with Crippen LogP contribution in [0.2, 0.25) is 0 Å². The molecule has 0 atom stereocenters. The van der Waals surface area contributed by atoms with Crippen LogP contribution < -0.4 is 10.9 Å². The summed E-state index contributed by atoms with van der Waals surface area (Å²) in [5, 5.41) is 3.74. The Morgan fingerprint density at radius 2 is 2.03 bits per heavy atom. The van der Waals surface area contributed by atoms with Gasteiger partial charge in [-0.05, 0) is 62.8 Å². The highest BCUT2D eigenvalue weighted by atomic mass is 32.2. The third kappa shape index (κ3) is 4.88. The number of fused-ring (bicyclic) bond motifs is 3. The van der Waals surface area contributed by atoms with Crippen LogP contribution in [-0.2, 0) is 32.9 Å². The second-order valence-electron chi connectivity index (χ2n) is 9.01. The number of nitrogens with one attached hydrogen (secondary N) is 2. The van der Waals surface area contributed by atoms with E-state index in [1.165, 1.54) is 24.0 Å². The van der Waals surface area contributed by atoms with Gasteiger partial charge in [0.15, 0.2) is 0 Å². The first-order valence-corrected chi connectivity index (χ1v) is 13.4. The number of thiophene rings is 1. The Bertz CT molecular complexity index is 1050. The Morgan fingerprint density at radius 3 is 2.78 bits per heavy atom. The molecule has 0 saturated heterocycles. The fraction of sp³-hybridized carbons (Fsp3) is 0.652. The molecule has 1 saturated carbocycles. The molecule has 32 heavy (non-hydrogen) atoms. The lowest BCUT2D eigenvalue weighted by Crippen LogP contribution is -2.56. The van der Waals surface area contributed by atoms with Gasteiger partial charge >= 0.3 is 5.97 Å². The van der Waals surface area contributed by atoms with Gasteiger partial charge in [-0.1, -0.05) is 6.92 Å². The summed E-state index contributed by atoms with van der Waals surface area (Å²) in [5.41, 5.74) is 0.255. The molecule has 0 aromatic carbocycles. The molecule has 7 nitrogen and oxygen atoms in total. The van der Waals surface area contributed by atoms with Gasteiger partial charge in [0, 0.05) is 17.1 Å².